The number of rotatable bonds is 2. The molecule has 0 saturated heterocycles. The monoisotopic (exact) mass is 260 g/mol. The van der Waals surface area contributed by atoms with Gasteiger partial charge in [-0.25, -0.2) is 0 Å². The minimum atomic E-state index is 0.433. The van der Waals surface area contributed by atoms with E-state index in [9.17, 15) is 0 Å². The minimum Gasteiger partial charge on any atom is -0.0729 e. The summed E-state index contributed by atoms with van der Waals surface area (Å²) in [5.41, 5.74) is 5.57. The Morgan fingerprint density at radius 3 is 1.25 bits per heavy atom. The summed E-state index contributed by atoms with van der Waals surface area (Å²) in [7, 11) is 0. The second-order valence-electron chi connectivity index (χ2n) is 5.57. The van der Waals surface area contributed by atoms with Gasteiger partial charge in [-0.3, -0.25) is 0 Å². The molecule has 3 rings (SSSR count). The molecular formula is C20H20. The molecule has 2 atom stereocenters. The van der Waals surface area contributed by atoms with Gasteiger partial charge in [0.1, 0.15) is 0 Å². The maximum Gasteiger partial charge on any atom is 0.0127 e. The van der Waals surface area contributed by atoms with Crippen LogP contribution in [0, 0.1) is 0 Å². The third kappa shape index (κ3) is 2.46. The molecule has 20 heavy (non-hydrogen) atoms. The lowest BCUT2D eigenvalue weighted by Crippen LogP contribution is -2.12. The molecular weight excluding hydrogens is 240 g/mol. The van der Waals surface area contributed by atoms with Crippen LogP contribution >= 0.6 is 0 Å². The third-order valence-electron chi connectivity index (χ3n) is 4.24. The first kappa shape index (κ1) is 12.9. The molecule has 0 saturated carbocycles. The molecule has 100 valence electrons. The highest BCUT2D eigenvalue weighted by Crippen LogP contribution is 2.40. The Morgan fingerprint density at radius 2 is 0.900 bits per heavy atom. The number of hydrogen-bond donors (Lipinski definition) is 0. The Balaban J connectivity index is 2.06. The van der Waals surface area contributed by atoms with Crippen LogP contribution in [0.4, 0.5) is 0 Å². The van der Waals surface area contributed by atoms with E-state index in [2.05, 4.69) is 86.7 Å². The molecule has 0 nitrogen and oxygen atoms in total. The predicted octanol–water partition coefficient (Wildman–Crippen LogP) is 5.46. The maximum atomic E-state index is 2.42. The van der Waals surface area contributed by atoms with E-state index in [-0.39, 0.29) is 0 Å². The van der Waals surface area contributed by atoms with E-state index < -0.39 is 0 Å². The lowest BCUT2D eigenvalue weighted by atomic mass is 9.75. The first-order chi connectivity index (χ1) is 9.75. The topological polar surface area (TPSA) is 0 Å². The fourth-order valence-electron chi connectivity index (χ4n) is 2.97. The highest BCUT2D eigenvalue weighted by atomic mass is 14.3. The van der Waals surface area contributed by atoms with Crippen molar-refractivity contribution in [1.29, 1.82) is 0 Å². The first-order valence-corrected chi connectivity index (χ1v) is 7.23. The lowest BCUT2D eigenvalue weighted by molar-refractivity contribution is 0.715. The van der Waals surface area contributed by atoms with Gasteiger partial charge in [-0.05, 0) is 25.0 Å². The van der Waals surface area contributed by atoms with E-state index in [0.717, 1.165) is 0 Å². The van der Waals surface area contributed by atoms with Crippen LogP contribution in [0.5, 0.6) is 0 Å². The van der Waals surface area contributed by atoms with Crippen molar-refractivity contribution in [2.75, 3.05) is 0 Å². The van der Waals surface area contributed by atoms with Crippen molar-refractivity contribution >= 4 is 0 Å². The molecule has 0 bridgehead atoms. The minimum absolute atomic E-state index is 0.433. The van der Waals surface area contributed by atoms with Crippen LogP contribution in [0.3, 0.4) is 0 Å². The van der Waals surface area contributed by atoms with E-state index in [4.69, 9.17) is 0 Å². The normalized spacial score (nSPS) is 22.1. The Bertz CT molecular complexity index is 573. The van der Waals surface area contributed by atoms with Crippen LogP contribution in [0.25, 0.3) is 0 Å². The molecule has 0 aromatic heterocycles. The van der Waals surface area contributed by atoms with Crippen molar-refractivity contribution in [2.24, 2.45) is 0 Å². The molecule has 2 unspecified atom stereocenters. The van der Waals surface area contributed by atoms with Crippen LogP contribution in [0.15, 0.2) is 84.0 Å². The van der Waals surface area contributed by atoms with Gasteiger partial charge >= 0.3 is 0 Å². The van der Waals surface area contributed by atoms with Crippen LogP contribution in [0.2, 0.25) is 0 Å². The summed E-state index contributed by atoms with van der Waals surface area (Å²) in [5, 5.41) is 0. The Kier molecular flexibility index (Phi) is 3.56. The smallest absolute Gasteiger partial charge is 0.0127 e. The van der Waals surface area contributed by atoms with Gasteiger partial charge in [-0.1, -0.05) is 84.0 Å². The summed E-state index contributed by atoms with van der Waals surface area (Å²) in [6, 6.07) is 21.6. The summed E-state index contributed by atoms with van der Waals surface area (Å²) in [5.74, 6) is 0.865. The average Bonchev–Trinajstić information content (AvgIpc) is 2.51. The molecule has 0 aliphatic heterocycles. The highest BCUT2D eigenvalue weighted by Gasteiger charge is 2.24. The molecule has 0 heterocycles. The fourth-order valence-corrected chi connectivity index (χ4v) is 2.97. The Hall–Kier alpha value is -2.08. The fraction of sp³-hybridized carbons (Fsp3) is 0.200. The van der Waals surface area contributed by atoms with Crippen LogP contribution in [0.1, 0.15) is 36.8 Å². The standard InChI is InChI=1S/C20H20/c1-15-13-19(17-9-5-3-6-10-17)20(14-16(15)2)18-11-7-4-8-12-18/h3-14,19-20H,1-2H3. The molecule has 2 aromatic carbocycles. The zero-order valence-corrected chi connectivity index (χ0v) is 12.1. The number of benzene rings is 2. The lowest BCUT2D eigenvalue weighted by Gasteiger charge is -2.28. The molecule has 0 N–H and O–H groups in total. The summed E-state index contributed by atoms with van der Waals surface area (Å²) in [6.07, 6.45) is 4.84. The molecule has 0 amide bonds. The Morgan fingerprint density at radius 1 is 0.550 bits per heavy atom. The van der Waals surface area contributed by atoms with E-state index >= 15 is 0 Å². The predicted molar refractivity (Wildman–Crippen MR) is 85.9 cm³/mol. The summed E-state index contributed by atoms with van der Waals surface area (Å²) in [6.45, 7) is 4.42. The van der Waals surface area contributed by atoms with Crippen LogP contribution in [-0.2, 0) is 0 Å². The molecule has 0 heteroatoms. The molecule has 0 radical (unpaired) electrons. The third-order valence-corrected chi connectivity index (χ3v) is 4.24. The van der Waals surface area contributed by atoms with Crippen molar-refractivity contribution in [1.82, 2.24) is 0 Å². The zero-order chi connectivity index (χ0) is 13.9. The number of hydrogen-bond acceptors (Lipinski definition) is 0. The second kappa shape index (κ2) is 5.50. The highest BCUT2D eigenvalue weighted by molar-refractivity contribution is 5.45. The number of allylic oxidation sites excluding steroid dienone is 4. The van der Waals surface area contributed by atoms with Crippen molar-refractivity contribution in [2.45, 2.75) is 25.7 Å². The molecule has 1 aliphatic rings. The molecule has 2 aromatic rings. The van der Waals surface area contributed by atoms with Crippen LogP contribution in [-0.4, -0.2) is 0 Å². The molecule has 0 fully saturated rings. The van der Waals surface area contributed by atoms with E-state index in [0.29, 0.717) is 11.8 Å². The summed E-state index contributed by atoms with van der Waals surface area (Å²) < 4.78 is 0. The first-order valence-electron chi connectivity index (χ1n) is 7.23. The van der Waals surface area contributed by atoms with Crippen molar-refractivity contribution in [3.8, 4) is 0 Å². The van der Waals surface area contributed by atoms with Gasteiger partial charge in [0.2, 0.25) is 0 Å². The van der Waals surface area contributed by atoms with Gasteiger partial charge in [-0.2, -0.15) is 0 Å². The SMILES string of the molecule is CC1=CC(c2ccccc2)C(c2ccccc2)C=C1C. The van der Waals surface area contributed by atoms with Gasteiger partial charge in [0.25, 0.3) is 0 Å². The summed E-state index contributed by atoms with van der Waals surface area (Å²) >= 11 is 0. The van der Waals surface area contributed by atoms with Crippen molar-refractivity contribution in [3.05, 3.63) is 95.1 Å². The van der Waals surface area contributed by atoms with Gasteiger partial charge in [0.05, 0.1) is 0 Å². The van der Waals surface area contributed by atoms with Crippen LogP contribution < -0.4 is 0 Å². The maximum absolute atomic E-state index is 2.42. The van der Waals surface area contributed by atoms with E-state index in [1.807, 2.05) is 0 Å². The van der Waals surface area contributed by atoms with Crippen molar-refractivity contribution in [3.63, 3.8) is 0 Å². The van der Waals surface area contributed by atoms with E-state index in [1.54, 1.807) is 0 Å². The van der Waals surface area contributed by atoms with Gasteiger partial charge in [0, 0.05) is 11.8 Å². The van der Waals surface area contributed by atoms with E-state index in [1.165, 1.54) is 22.3 Å². The quantitative estimate of drug-likeness (QED) is 0.672. The molecule has 1 aliphatic carbocycles. The average molecular weight is 260 g/mol. The summed E-state index contributed by atoms with van der Waals surface area (Å²) in [4.78, 5) is 0. The Labute approximate surface area is 121 Å². The second-order valence-corrected chi connectivity index (χ2v) is 5.57. The zero-order valence-electron chi connectivity index (χ0n) is 12.1. The van der Waals surface area contributed by atoms with Crippen molar-refractivity contribution < 1.29 is 0 Å². The molecule has 0 spiro atoms. The van der Waals surface area contributed by atoms with Gasteiger partial charge in [-0.15, -0.1) is 0 Å². The van der Waals surface area contributed by atoms with Gasteiger partial charge < -0.3 is 0 Å². The largest absolute Gasteiger partial charge is 0.0729 e. The van der Waals surface area contributed by atoms with Gasteiger partial charge in [0.15, 0.2) is 0 Å².